The molecule has 2 aliphatic rings. The number of nitrogens with one attached hydrogen (secondary N) is 1. The van der Waals surface area contributed by atoms with Crippen LogP contribution in [0.2, 0.25) is 0 Å². The van der Waals surface area contributed by atoms with Crippen LogP contribution in [0.1, 0.15) is 5.56 Å². The van der Waals surface area contributed by atoms with Crippen molar-refractivity contribution in [3.8, 4) is 5.69 Å². The predicted octanol–water partition coefficient (Wildman–Crippen LogP) is -0.485. The molecule has 142 valence electrons. The molecule has 27 heavy (non-hydrogen) atoms. The third-order valence-electron chi connectivity index (χ3n) is 4.96. The van der Waals surface area contributed by atoms with Crippen molar-refractivity contribution in [2.75, 3.05) is 26.2 Å². The SMILES string of the molecule is O=C1N[C@@H](CO)C(=O)N2CCN(Cc3cnn(-c4cccc(F)c4)c3)C[C@H]12. The number of carbonyl (C=O) groups is 2. The minimum absolute atomic E-state index is 0.235. The zero-order valence-electron chi connectivity index (χ0n) is 14.6. The van der Waals surface area contributed by atoms with Gasteiger partial charge in [-0.25, -0.2) is 9.07 Å². The molecule has 0 saturated carbocycles. The van der Waals surface area contributed by atoms with Gasteiger partial charge in [0.2, 0.25) is 11.8 Å². The maximum atomic E-state index is 13.4. The molecule has 3 heterocycles. The Balaban J connectivity index is 1.43. The van der Waals surface area contributed by atoms with E-state index in [1.807, 2.05) is 6.20 Å². The fraction of sp³-hybridized carbons (Fsp3) is 0.389. The number of halogens is 1. The van der Waals surface area contributed by atoms with Gasteiger partial charge in [-0.1, -0.05) is 6.07 Å². The molecule has 2 aromatic rings. The number of hydrogen-bond acceptors (Lipinski definition) is 5. The van der Waals surface area contributed by atoms with Crippen LogP contribution >= 0.6 is 0 Å². The molecule has 0 radical (unpaired) electrons. The Labute approximate surface area is 155 Å². The Bertz CT molecular complexity index is 870. The second kappa shape index (κ2) is 7.09. The predicted molar refractivity (Wildman–Crippen MR) is 93.3 cm³/mol. The van der Waals surface area contributed by atoms with E-state index in [4.69, 9.17) is 0 Å². The van der Waals surface area contributed by atoms with Gasteiger partial charge >= 0.3 is 0 Å². The van der Waals surface area contributed by atoms with E-state index in [2.05, 4.69) is 15.3 Å². The lowest BCUT2D eigenvalue weighted by Crippen LogP contribution is -2.69. The summed E-state index contributed by atoms with van der Waals surface area (Å²) in [5, 5.41) is 16.1. The van der Waals surface area contributed by atoms with Crippen molar-refractivity contribution in [1.29, 1.82) is 0 Å². The van der Waals surface area contributed by atoms with Gasteiger partial charge in [0.05, 0.1) is 18.5 Å². The first-order valence-electron chi connectivity index (χ1n) is 8.78. The average Bonchev–Trinajstić information content (AvgIpc) is 3.13. The number of rotatable bonds is 4. The van der Waals surface area contributed by atoms with Gasteiger partial charge in [-0.2, -0.15) is 5.10 Å². The summed E-state index contributed by atoms with van der Waals surface area (Å²) in [5.41, 5.74) is 1.57. The van der Waals surface area contributed by atoms with Gasteiger partial charge in [0.1, 0.15) is 17.9 Å². The van der Waals surface area contributed by atoms with E-state index in [0.717, 1.165) is 5.56 Å². The van der Waals surface area contributed by atoms with Crippen molar-refractivity contribution in [2.45, 2.75) is 18.6 Å². The molecule has 1 aromatic carbocycles. The summed E-state index contributed by atoms with van der Waals surface area (Å²) in [6, 6.07) is 4.80. The lowest BCUT2D eigenvalue weighted by molar-refractivity contribution is -0.154. The van der Waals surface area contributed by atoms with Crippen molar-refractivity contribution < 1.29 is 19.1 Å². The number of piperazine rings is 2. The summed E-state index contributed by atoms with van der Waals surface area (Å²) in [5.74, 6) is -0.802. The van der Waals surface area contributed by atoms with Crippen LogP contribution in [-0.2, 0) is 16.1 Å². The number of benzene rings is 1. The molecule has 4 rings (SSSR count). The number of nitrogens with zero attached hydrogens (tertiary/aromatic N) is 4. The number of aliphatic hydroxyl groups is 1. The van der Waals surface area contributed by atoms with Gasteiger partial charge in [0, 0.05) is 37.9 Å². The topological polar surface area (TPSA) is 90.7 Å². The van der Waals surface area contributed by atoms with Crippen molar-refractivity contribution in [3.63, 3.8) is 0 Å². The van der Waals surface area contributed by atoms with Crippen molar-refractivity contribution >= 4 is 11.8 Å². The number of aliphatic hydroxyl groups excluding tert-OH is 1. The summed E-state index contributed by atoms with van der Waals surface area (Å²) in [6.45, 7) is 1.66. The Morgan fingerprint density at radius 2 is 2.15 bits per heavy atom. The Hall–Kier alpha value is -2.78. The maximum absolute atomic E-state index is 13.4. The molecule has 0 aliphatic carbocycles. The first-order chi connectivity index (χ1) is 13.0. The van der Waals surface area contributed by atoms with E-state index < -0.39 is 18.7 Å². The summed E-state index contributed by atoms with van der Waals surface area (Å²) < 4.78 is 15.0. The zero-order chi connectivity index (χ0) is 19.0. The van der Waals surface area contributed by atoms with Crippen LogP contribution < -0.4 is 5.32 Å². The van der Waals surface area contributed by atoms with Crippen molar-refractivity contribution in [1.82, 2.24) is 24.9 Å². The van der Waals surface area contributed by atoms with Crippen molar-refractivity contribution in [2.24, 2.45) is 0 Å². The van der Waals surface area contributed by atoms with E-state index in [1.165, 1.54) is 12.1 Å². The van der Waals surface area contributed by atoms with E-state index in [1.54, 1.807) is 27.9 Å². The molecular formula is C18H20FN5O3. The number of carbonyl (C=O) groups excluding carboxylic acids is 2. The van der Waals surface area contributed by atoms with Crippen LogP contribution in [-0.4, -0.2) is 74.8 Å². The highest BCUT2D eigenvalue weighted by molar-refractivity contribution is 5.97. The van der Waals surface area contributed by atoms with E-state index in [9.17, 15) is 19.1 Å². The highest BCUT2D eigenvalue weighted by Crippen LogP contribution is 2.18. The molecule has 1 aromatic heterocycles. The van der Waals surface area contributed by atoms with Crippen LogP contribution in [0.3, 0.4) is 0 Å². The monoisotopic (exact) mass is 373 g/mol. The summed E-state index contributed by atoms with van der Waals surface area (Å²) in [4.78, 5) is 28.2. The first kappa shape index (κ1) is 17.6. The zero-order valence-corrected chi connectivity index (χ0v) is 14.6. The molecule has 2 N–H and O–H groups in total. The minimum atomic E-state index is -0.843. The highest BCUT2D eigenvalue weighted by Gasteiger charge is 2.43. The van der Waals surface area contributed by atoms with Crippen LogP contribution in [0.4, 0.5) is 4.39 Å². The van der Waals surface area contributed by atoms with E-state index in [-0.39, 0.29) is 17.6 Å². The average molecular weight is 373 g/mol. The molecule has 0 spiro atoms. The van der Waals surface area contributed by atoms with Gasteiger partial charge in [0.15, 0.2) is 0 Å². The van der Waals surface area contributed by atoms with E-state index in [0.29, 0.717) is 31.9 Å². The van der Waals surface area contributed by atoms with E-state index >= 15 is 0 Å². The molecule has 0 bridgehead atoms. The van der Waals surface area contributed by atoms with Crippen LogP contribution in [0, 0.1) is 5.82 Å². The molecule has 0 unspecified atom stereocenters. The highest BCUT2D eigenvalue weighted by atomic mass is 19.1. The normalized spacial score (nSPS) is 23.3. The van der Waals surface area contributed by atoms with Crippen molar-refractivity contribution in [3.05, 3.63) is 48.0 Å². The van der Waals surface area contributed by atoms with Gasteiger partial charge in [-0.15, -0.1) is 0 Å². The molecule has 8 nitrogen and oxygen atoms in total. The minimum Gasteiger partial charge on any atom is -0.394 e. The molecule has 2 atom stereocenters. The van der Waals surface area contributed by atoms with Gasteiger partial charge in [-0.05, 0) is 18.2 Å². The lowest BCUT2D eigenvalue weighted by Gasteiger charge is -2.44. The fourth-order valence-corrected chi connectivity index (χ4v) is 3.58. The molecule has 9 heteroatoms. The molecule has 2 saturated heterocycles. The smallest absolute Gasteiger partial charge is 0.248 e. The Morgan fingerprint density at radius 3 is 2.93 bits per heavy atom. The number of hydrogen-bond donors (Lipinski definition) is 2. The fourth-order valence-electron chi connectivity index (χ4n) is 3.58. The second-order valence-corrected chi connectivity index (χ2v) is 6.80. The second-order valence-electron chi connectivity index (χ2n) is 6.80. The lowest BCUT2D eigenvalue weighted by atomic mass is 10.0. The summed E-state index contributed by atoms with van der Waals surface area (Å²) in [7, 11) is 0. The maximum Gasteiger partial charge on any atom is 0.248 e. The van der Waals surface area contributed by atoms with Gasteiger partial charge in [0.25, 0.3) is 0 Å². The molecule has 2 fully saturated rings. The third kappa shape index (κ3) is 3.43. The first-order valence-corrected chi connectivity index (χ1v) is 8.78. The third-order valence-corrected chi connectivity index (χ3v) is 4.96. The van der Waals surface area contributed by atoms with Crippen LogP contribution in [0.5, 0.6) is 0 Å². The summed E-state index contributed by atoms with van der Waals surface area (Å²) >= 11 is 0. The summed E-state index contributed by atoms with van der Waals surface area (Å²) in [6.07, 6.45) is 3.54. The van der Waals surface area contributed by atoms with Crippen LogP contribution in [0.15, 0.2) is 36.7 Å². The van der Waals surface area contributed by atoms with Gasteiger partial charge < -0.3 is 15.3 Å². The number of amides is 2. The number of aromatic nitrogens is 2. The number of fused-ring (bicyclic) bond motifs is 1. The molecule has 2 aliphatic heterocycles. The Kier molecular flexibility index (Phi) is 4.63. The van der Waals surface area contributed by atoms with Gasteiger partial charge in [-0.3, -0.25) is 14.5 Å². The largest absolute Gasteiger partial charge is 0.394 e. The Morgan fingerprint density at radius 1 is 1.30 bits per heavy atom. The molecular weight excluding hydrogens is 353 g/mol. The quantitative estimate of drug-likeness (QED) is 0.755. The van der Waals surface area contributed by atoms with Crippen LogP contribution in [0.25, 0.3) is 5.69 Å². The standard InChI is InChI=1S/C18H20FN5O3/c19-13-2-1-3-14(6-13)24-9-12(7-20-24)8-22-4-5-23-16(10-22)17(26)21-15(11-25)18(23)27/h1-3,6-7,9,15-16,25H,4-5,8,10-11H2,(H,21,26)/t15-,16+/m0/s1. The molecule has 2 amide bonds.